The minimum atomic E-state index is 0. The smallest absolute Gasteiger partial charge is 0.509 e. The van der Waals surface area contributed by atoms with Crippen molar-refractivity contribution in [3.05, 3.63) is 133 Å². The number of hydrogen-bond acceptors (Lipinski definition) is 1. The standard InChI is InChI=1S/C36H18N2O.Pt/c1-3-13-33-29(11-1)31-17-15-27-21-35(31)37(33)25-9-5-7-23(19-25)24-8-6-10-26(20-24)38-34-14-4-2-12-30(34)32-18-16-28(39-27)22-36(32)38;/h1-18H;/q-4;+4. The molecule has 40 heavy (non-hydrogen) atoms. The molecular formula is C36H18N2OPt. The maximum atomic E-state index is 6.42. The Kier molecular flexibility index (Phi) is 5.07. The first-order chi connectivity index (χ1) is 19.3. The summed E-state index contributed by atoms with van der Waals surface area (Å²) in [4.78, 5) is 0. The quantitative estimate of drug-likeness (QED) is 0.146. The number of hydrogen-bond donors (Lipinski definition) is 0. The second-order valence-corrected chi connectivity index (χ2v) is 9.88. The zero-order valence-corrected chi connectivity index (χ0v) is 23.3. The maximum absolute atomic E-state index is 6.42. The summed E-state index contributed by atoms with van der Waals surface area (Å²) in [5.41, 5.74) is 7.28. The van der Waals surface area contributed by atoms with Gasteiger partial charge in [-0.15, -0.1) is 47.2 Å². The van der Waals surface area contributed by atoms with Crippen LogP contribution < -0.4 is 0 Å². The van der Waals surface area contributed by atoms with Crippen molar-refractivity contribution in [3.8, 4) is 0 Å². The van der Waals surface area contributed by atoms with E-state index >= 15 is 0 Å². The second-order valence-electron chi connectivity index (χ2n) is 9.88. The second kappa shape index (κ2) is 8.71. The molecule has 8 bridgehead atoms. The minimum absolute atomic E-state index is 0. The van der Waals surface area contributed by atoms with Crippen molar-refractivity contribution >= 4 is 76.6 Å². The molecule has 0 saturated heterocycles. The Morgan fingerprint density at radius 1 is 0.425 bits per heavy atom. The molecule has 0 unspecified atom stereocenters. The van der Waals surface area contributed by atoms with Gasteiger partial charge in [0.1, 0.15) is 0 Å². The van der Waals surface area contributed by atoms with E-state index in [9.17, 15) is 0 Å². The third kappa shape index (κ3) is 3.28. The van der Waals surface area contributed by atoms with E-state index in [-0.39, 0.29) is 21.1 Å². The third-order valence-electron chi connectivity index (χ3n) is 7.66. The van der Waals surface area contributed by atoms with E-state index in [0.717, 1.165) is 54.6 Å². The van der Waals surface area contributed by atoms with Crippen molar-refractivity contribution in [2.45, 2.75) is 0 Å². The van der Waals surface area contributed by atoms with Crippen LogP contribution in [-0.4, -0.2) is 8.80 Å². The molecule has 4 heteroatoms. The Labute approximate surface area is 243 Å². The molecular weight excluding hydrogens is 671 g/mol. The van der Waals surface area contributed by atoms with E-state index in [4.69, 9.17) is 4.42 Å². The summed E-state index contributed by atoms with van der Waals surface area (Å²) in [6.07, 6.45) is 0. The van der Waals surface area contributed by atoms with Crippen LogP contribution in [0.4, 0.5) is 0 Å². The van der Waals surface area contributed by atoms with Gasteiger partial charge in [0.2, 0.25) is 0 Å². The molecule has 0 fully saturated rings. The Morgan fingerprint density at radius 3 is 1.40 bits per heavy atom. The molecule has 0 spiro atoms. The molecule has 0 radical (unpaired) electrons. The molecule has 6 aromatic carbocycles. The first-order valence-electron chi connectivity index (χ1n) is 13.0. The van der Waals surface area contributed by atoms with Crippen LogP contribution in [0.25, 0.3) is 76.6 Å². The molecule has 3 heterocycles. The van der Waals surface area contributed by atoms with Gasteiger partial charge in [0, 0.05) is 22.2 Å². The molecule has 3 nitrogen and oxygen atoms in total. The van der Waals surface area contributed by atoms with E-state index in [1.54, 1.807) is 0 Å². The van der Waals surface area contributed by atoms with Gasteiger partial charge in [-0.2, -0.15) is 48.5 Å². The van der Waals surface area contributed by atoms with Gasteiger partial charge in [-0.05, 0) is 33.9 Å². The number of fused-ring (bicyclic) bond motifs is 15. The minimum Gasteiger partial charge on any atom is -0.509 e. The van der Waals surface area contributed by atoms with Gasteiger partial charge in [-0.25, -0.2) is 10.8 Å². The fourth-order valence-electron chi connectivity index (χ4n) is 5.98. The summed E-state index contributed by atoms with van der Waals surface area (Å²) < 4.78 is 10.9. The Balaban J connectivity index is 0.00000245. The molecule has 3 aromatic heterocycles. The molecule has 0 N–H and O–H groups in total. The number of nitrogens with zero attached hydrogens (tertiary/aromatic N) is 2. The van der Waals surface area contributed by atoms with E-state index in [2.05, 4.69) is 130 Å². The summed E-state index contributed by atoms with van der Waals surface area (Å²) in [5, 5.41) is 6.53. The first kappa shape index (κ1) is 23.3. The normalized spacial score (nSPS) is 11.8. The summed E-state index contributed by atoms with van der Waals surface area (Å²) in [6, 6.07) is 52.2. The van der Waals surface area contributed by atoms with Crippen molar-refractivity contribution in [1.82, 2.24) is 8.80 Å². The van der Waals surface area contributed by atoms with Crippen molar-refractivity contribution in [1.29, 1.82) is 0 Å². The molecule has 0 atom stereocenters. The van der Waals surface area contributed by atoms with Crippen LogP contribution in [0.15, 0.2) is 114 Å². The molecule has 0 amide bonds. The Hall–Kier alpha value is -4.59. The summed E-state index contributed by atoms with van der Waals surface area (Å²) in [7, 11) is 0. The summed E-state index contributed by atoms with van der Waals surface area (Å²) in [5.74, 6) is 0. The van der Waals surface area contributed by atoms with E-state index in [1.807, 2.05) is 12.1 Å². The molecule has 0 aliphatic rings. The van der Waals surface area contributed by atoms with E-state index in [1.165, 1.54) is 10.8 Å². The molecule has 0 saturated carbocycles. The van der Waals surface area contributed by atoms with Gasteiger partial charge in [-0.1, -0.05) is 47.4 Å². The van der Waals surface area contributed by atoms with Crippen molar-refractivity contribution in [3.63, 3.8) is 0 Å². The predicted molar refractivity (Wildman–Crippen MR) is 159 cm³/mol. The van der Waals surface area contributed by atoms with Crippen molar-refractivity contribution < 1.29 is 25.5 Å². The van der Waals surface area contributed by atoms with Gasteiger partial charge in [0.15, 0.2) is 0 Å². The molecule has 0 aliphatic heterocycles. The zero-order chi connectivity index (χ0) is 25.5. The average molecular weight is 690 g/mol. The van der Waals surface area contributed by atoms with Gasteiger partial charge in [0.25, 0.3) is 0 Å². The van der Waals surface area contributed by atoms with Crippen molar-refractivity contribution in [2.75, 3.05) is 0 Å². The number of aromatic nitrogens is 2. The van der Waals surface area contributed by atoms with Gasteiger partial charge >= 0.3 is 21.1 Å². The van der Waals surface area contributed by atoms with E-state index < -0.39 is 0 Å². The van der Waals surface area contributed by atoms with Crippen LogP contribution in [0.3, 0.4) is 0 Å². The maximum Gasteiger partial charge on any atom is 4.00 e. The fraction of sp³-hybridized carbons (Fsp3) is 0. The molecule has 9 aromatic rings. The summed E-state index contributed by atoms with van der Waals surface area (Å²) in [6.45, 7) is 0. The van der Waals surface area contributed by atoms with Crippen LogP contribution in [0, 0.1) is 24.3 Å². The van der Waals surface area contributed by atoms with Crippen LogP contribution in [0.2, 0.25) is 0 Å². The predicted octanol–water partition coefficient (Wildman–Crippen LogP) is 9.03. The largest absolute Gasteiger partial charge is 4.00 e. The van der Waals surface area contributed by atoms with Crippen molar-refractivity contribution in [2.24, 2.45) is 0 Å². The molecule has 9 rings (SSSR count). The van der Waals surface area contributed by atoms with Gasteiger partial charge in [0.05, 0.1) is 0 Å². The third-order valence-corrected chi connectivity index (χ3v) is 7.66. The topological polar surface area (TPSA) is 22.0 Å². The molecule has 0 aliphatic carbocycles. The first-order valence-corrected chi connectivity index (χ1v) is 13.0. The number of rotatable bonds is 0. The number of benzene rings is 6. The molecule has 188 valence electrons. The van der Waals surface area contributed by atoms with Crippen LogP contribution in [-0.2, 0) is 21.1 Å². The van der Waals surface area contributed by atoms with Gasteiger partial charge in [-0.3, -0.25) is 0 Å². The Bertz CT molecular complexity index is 2340. The number of para-hydroxylation sites is 2. The Morgan fingerprint density at radius 2 is 0.900 bits per heavy atom. The SMILES string of the molecule is [Pt+4].[c-]1c2cccc1n1c3[c-]c(ccc3c3ccccc31)oc1[c-]c3c(cc1)c1ccccc1n3c1[c-]c2ccc1. The van der Waals surface area contributed by atoms with Crippen LogP contribution >= 0.6 is 0 Å². The fourth-order valence-corrected chi connectivity index (χ4v) is 5.98. The van der Waals surface area contributed by atoms with Crippen LogP contribution in [0.1, 0.15) is 0 Å². The summed E-state index contributed by atoms with van der Waals surface area (Å²) >= 11 is 0. The average Bonchev–Trinajstić information content (AvgIpc) is 3.49. The van der Waals surface area contributed by atoms with E-state index in [0.29, 0.717) is 11.2 Å². The monoisotopic (exact) mass is 689 g/mol. The van der Waals surface area contributed by atoms with Gasteiger partial charge < -0.3 is 13.2 Å². The zero-order valence-electron chi connectivity index (χ0n) is 21.0. The van der Waals surface area contributed by atoms with Crippen LogP contribution in [0.5, 0.6) is 0 Å².